The molecule has 1 aromatic heterocycles. The molecule has 3 heteroatoms. The molecule has 4 rings (SSSR count). The summed E-state index contributed by atoms with van der Waals surface area (Å²) in [5, 5.41) is 13.3. The Hall–Kier alpha value is -2.52. The summed E-state index contributed by atoms with van der Waals surface area (Å²) in [5.41, 5.74) is 3.62. The summed E-state index contributed by atoms with van der Waals surface area (Å²) in [6.07, 6.45) is 0. The predicted molar refractivity (Wildman–Crippen MR) is 102 cm³/mol. The lowest BCUT2D eigenvalue weighted by Crippen LogP contribution is -1.87. The minimum atomic E-state index is 0.510. The minimum absolute atomic E-state index is 0.510. The van der Waals surface area contributed by atoms with Crippen molar-refractivity contribution in [3.05, 3.63) is 72.3 Å². The number of hydrogen-bond acceptors (Lipinski definition) is 3. The summed E-state index contributed by atoms with van der Waals surface area (Å²) < 4.78 is 0. The summed E-state index contributed by atoms with van der Waals surface area (Å²) in [7, 11) is 0. The maximum absolute atomic E-state index is 4.46. The average molecular weight is 330 g/mol. The highest BCUT2D eigenvalue weighted by molar-refractivity contribution is 7.18. The normalized spacial score (nSPS) is 11.3. The Kier molecular flexibility index (Phi) is 3.87. The van der Waals surface area contributed by atoms with Crippen LogP contribution in [-0.2, 0) is 0 Å². The predicted octanol–water partition coefficient (Wildman–Crippen LogP) is 6.15. The molecule has 0 aliphatic heterocycles. The summed E-state index contributed by atoms with van der Waals surface area (Å²) in [4.78, 5) is 0. The lowest BCUT2D eigenvalue weighted by Gasteiger charge is -2.05. The third kappa shape index (κ3) is 2.72. The molecule has 24 heavy (non-hydrogen) atoms. The summed E-state index contributed by atoms with van der Waals surface area (Å²) in [6.45, 7) is 4.42. The van der Waals surface area contributed by atoms with Crippen molar-refractivity contribution < 1.29 is 0 Å². The molecular formula is C21H18N2S. The van der Waals surface area contributed by atoms with Crippen molar-refractivity contribution >= 4 is 22.1 Å². The Labute approximate surface area is 145 Å². The van der Waals surface area contributed by atoms with E-state index < -0.39 is 0 Å². The molecule has 3 aromatic carbocycles. The van der Waals surface area contributed by atoms with Crippen LogP contribution >= 0.6 is 11.3 Å². The van der Waals surface area contributed by atoms with Crippen molar-refractivity contribution in [2.75, 3.05) is 0 Å². The van der Waals surface area contributed by atoms with Crippen LogP contribution in [-0.4, -0.2) is 10.2 Å². The maximum atomic E-state index is 4.46. The van der Waals surface area contributed by atoms with Crippen molar-refractivity contribution in [1.82, 2.24) is 10.2 Å². The molecule has 0 radical (unpaired) electrons. The van der Waals surface area contributed by atoms with Gasteiger partial charge in [-0.25, -0.2) is 0 Å². The first-order chi connectivity index (χ1) is 11.7. The standard InChI is InChI=1S/C21H18N2S/c1-14(2)16-9-5-10-17(13-16)20-22-23-21(24-20)19-12-6-8-15-7-3-4-11-18(15)19/h3-14H,1-2H3. The van der Waals surface area contributed by atoms with E-state index in [-0.39, 0.29) is 0 Å². The van der Waals surface area contributed by atoms with Crippen LogP contribution in [0.25, 0.3) is 31.9 Å². The minimum Gasteiger partial charge on any atom is -0.138 e. The van der Waals surface area contributed by atoms with Gasteiger partial charge < -0.3 is 0 Å². The van der Waals surface area contributed by atoms with E-state index in [2.05, 4.69) is 90.8 Å². The van der Waals surface area contributed by atoms with Crippen LogP contribution in [0, 0.1) is 0 Å². The second-order valence-electron chi connectivity index (χ2n) is 6.22. The van der Waals surface area contributed by atoms with Gasteiger partial charge in [-0.3, -0.25) is 0 Å². The van der Waals surface area contributed by atoms with E-state index in [1.807, 2.05) is 0 Å². The quantitative estimate of drug-likeness (QED) is 0.450. The highest BCUT2D eigenvalue weighted by Gasteiger charge is 2.12. The molecular weight excluding hydrogens is 312 g/mol. The van der Waals surface area contributed by atoms with Crippen molar-refractivity contribution in [3.8, 4) is 21.1 Å². The molecule has 1 heterocycles. The number of benzene rings is 3. The molecule has 0 amide bonds. The van der Waals surface area contributed by atoms with E-state index in [0.717, 1.165) is 21.1 Å². The lowest BCUT2D eigenvalue weighted by atomic mass is 10.0. The number of nitrogens with zero attached hydrogens (tertiary/aromatic N) is 2. The zero-order chi connectivity index (χ0) is 16.5. The molecule has 0 fully saturated rings. The number of rotatable bonds is 3. The third-order valence-electron chi connectivity index (χ3n) is 4.25. The van der Waals surface area contributed by atoms with Gasteiger partial charge in [-0.15, -0.1) is 10.2 Å². The van der Waals surface area contributed by atoms with E-state index in [1.165, 1.54) is 16.3 Å². The first kappa shape index (κ1) is 15.0. The maximum Gasteiger partial charge on any atom is 0.148 e. The van der Waals surface area contributed by atoms with Gasteiger partial charge in [0.15, 0.2) is 0 Å². The van der Waals surface area contributed by atoms with Gasteiger partial charge in [0, 0.05) is 11.1 Å². The van der Waals surface area contributed by atoms with Gasteiger partial charge in [0.25, 0.3) is 0 Å². The zero-order valence-electron chi connectivity index (χ0n) is 13.7. The summed E-state index contributed by atoms with van der Waals surface area (Å²) in [5.74, 6) is 0.510. The SMILES string of the molecule is CC(C)c1cccc(-c2nnc(-c3cccc4ccccc34)s2)c1. The lowest BCUT2D eigenvalue weighted by molar-refractivity contribution is 0.867. The number of aromatic nitrogens is 2. The van der Waals surface area contributed by atoms with Crippen LogP contribution in [0.2, 0.25) is 0 Å². The number of hydrogen-bond donors (Lipinski definition) is 0. The van der Waals surface area contributed by atoms with Crippen LogP contribution in [0.15, 0.2) is 66.7 Å². The van der Waals surface area contributed by atoms with E-state index in [1.54, 1.807) is 11.3 Å². The fourth-order valence-corrected chi connectivity index (χ4v) is 3.77. The smallest absolute Gasteiger partial charge is 0.138 e. The van der Waals surface area contributed by atoms with Crippen LogP contribution in [0.1, 0.15) is 25.3 Å². The van der Waals surface area contributed by atoms with Crippen LogP contribution < -0.4 is 0 Å². The highest BCUT2D eigenvalue weighted by atomic mass is 32.1. The van der Waals surface area contributed by atoms with Crippen molar-refractivity contribution in [1.29, 1.82) is 0 Å². The Morgan fingerprint density at radius 3 is 2.42 bits per heavy atom. The molecule has 0 N–H and O–H groups in total. The second kappa shape index (κ2) is 6.17. The second-order valence-corrected chi connectivity index (χ2v) is 7.20. The molecule has 0 spiro atoms. The average Bonchev–Trinajstić information content (AvgIpc) is 3.11. The third-order valence-corrected chi connectivity index (χ3v) is 5.25. The van der Waals surface area contributed by atoms with Gasteiger partial charge in [0.05, 0.1) is 0 Å². The van der Waals surface area contributed by atoms with Crippen molar-refractivity contribution in [3.63, 3.8) is 0 Å². The van der Waals surface area contributed by atoms with E-state index in [9.17, 15) is 0 Å². The zero-order valence-corrected chi connectivity index (χ0v) is 14.5. The molecule has 0 bridgehead atoms. The van der Waals surface area contributed by atoms with Crippen molar-refractivity contribution in [2.24, 2.45) is 0 Å². The summed E-state index contributed by atoms with van der Waals surface area (Å²) >= 11 is 1.65. The molecule has 0 aliphatic carbocycles. The first-order valence-electron chi connectivity index (χ1n) is 8.14. The topological polar surface area (TPSA) is 25.8 Å². The molecule has 0 aliphatic rings. The van der Waals surface area contributed by atoms with Gasteiger partial charge >= 0.3 is 0 Å². The molecule has 118 valence electrons. The largest absolute Gasteiger partial charge is 0.148 e. The van der Waals surface area contributed by atoms with Crippen LogP contribution in [0.3, 0.4) is 0 Å². The van der Waals surface area contributed by atoms with Gasteiger partial charge in [0.2, 0.25) is 0 Å². The Balaban J connectivity index is 1.79. The van der Waals surface area contributed by atoms with E-state index >= 15 is 0 Å². The van der Waals surface area contributed by atoms with E-state index in [0.29, 0.717) is 5.92 Å². The summed E-state index contributed by atoms with van der Waals surface area (Å²) in [6, 6.07) is 23.3. The van der Waals surface area contributed by atoms with Gasteiger partial charge in [-0.2, -0.15) is 0 Å². The van der Waals surface area contributed by atoms with Gasteiger partial charge in [0.1, 0.15) is 10.0 Å². The van der Waals surface area contributed by atoms with Crippen LogP contribution in [0.5, 0.6) is 0 Å². The first-order valence-corrected chi connectivity index (χ1v) is 8.96. The fourth-order valence-electron chi connectivity index (χ4n) is 2.89. The van der Waals surface area contributed by atoms with Crippen LogP contribution in [0.4, 0.5) is 0 Å². The van der Waals surface area contributed by atoms with Crippen molar-refractivity contribution in [2.45, 2.75) is 19.8 Å². The van der Waals surface area contributed by atoms with Gasteiger partial charge in [-0.05, 0) is 28.3 Å². The monoisotopic (exact) mass is 330 g/mol. The molecule has 0 saturated heterocycles. The molecule has 2 nitrogen and oxygen atoms in total. The fraction of sp³-hybridized carbons (Fsp3) is 0.143. The molecule has 4 aromatic rings. The Morgan fingerprint density at radius 2 is 1.54 bits per heavy atom. The van der Waals surface area contributed by atoms with E-state index in [4.69, 9.17) is 0 Å². The molecule has 0 saturated carbocycles. The number of fused-ring (bicyclic) bond motifs is 1. The Morgan fingerprint density at radius 1 is 0.792 bits per heavy atom. The highest BCUT2D eigenvalue weighted by Crippen LogP contribution is 2.34. The molecule has 0 unspecified atom stereocenters. The van der Waals surface area contributed by atoms with Gasteiger partial charge in [-0.1, -0.05) is 85.8 Å². The molecule has 0 atom stereocenters. The Bertz CT molecular complexity index is 996.